The number of benzene rings is 2. The van der Waals surface area contributed by atoms with Crippen LogP contribution in [0.4, 0.5) is 0 Å². The maximum Gasteiger partial charge on any atom is 0.337 e. The standard InChI is InChI=1S/C24H22N2O4S/c1-15-7-9-18(10-8-15)30-12-4-11-26-21(17-6-3-5-16(2)13-17)25-22-20(23(26)27)19(14-31-22)24(28)29/h3,5-10,13-14H,4,11-12H2,1-2H3,(H,28,29). The highest BCUT2D eigenvalue weighted by Gasteiger charge is 2.20. The molecule has 2 aromatic carbocycles. The van der Waals surface area contributed by atoms with Crippen LogP contribution in [0.15, 0.2) is 58.7 Å². The van der Waals surface area contributed by atoms with Crippen molar-refractivity contribution < 1.29 is 14.6 Å². The smallest absolute Gasteiger partial charge is 0.337 e. The van der Waals surface area contributed by atoms with Crippen LogP contribution in [0, 0.1) is 13.8 Å². The van der Waals surface area contributed by atoms with Gasteiger partial charge in [0.05, 0.1) is 17.6 Å². The zero-order valence-electron chi connectivity index (χ0n) is 17.3. The Kier molecular flexibility index (Phi) is 5.86. The van der Waals surface area contributed by atoms with Crippen molar-refractivity contribution in [2.75, 3.05) is 6.61 Å². The fourth-order valence-electron chi connectivity index (χ4n) is 3.44. The predicted octanol–water partition coefficient (Wildman–Crippen LogP) is 4.91. The second-order valence-corrected chi connectivity index (χ2v) is 8.27. The number of hydrogen-bond acceptors (Lipinski definition) is 5. The Labute approximate surface area is 183 Å². The van der Waals surface area contributed by atoms with Crippen LogP contribution in [0.2, 0.25) is 0 Å². The molecule has 0 spiro atoms. The number of thiophene rings is 1. The predicted molar refractivity (Wildman–Crippen MR) is 122 cm³/mol. The second-order valence-electron chi connectivity index (χ2n) is 7.41. The zero-order chi connectivity index (χ0) is 22.0. The molecule has 0 bridgehead atoms. The molecule has 0 aliphatic rings. The summed E-state index contributed by atoms with van der Waals surface area (Å²) in [5.41, 5.74) is 2.70. The van der Waals surface area contributed by atoms with E-state index in [-0.39, 0.29) is 16.5 Å². The van der Waals surface area contributed by atoms with Gasteiger partial charge in [0.1, 0.15) is 16.4 Å². The van der Waals surface area contributed by atoms with Crippen LogP contribution >= 0.6 is 11.3 Å². The van der Waals surface area contributed by atoms with Gasteiger partial charge in [0, 0.05) is 17.5 Å². The van der Waals surface area contributed by atoms with Crippen molar-refractivity contribution in [2.45, 2.75) is 26.8 Å². The Morgan fingerprint density at radius 2 is 1.90 bits per heavy atom. The van der Waals surface area contributed by atoms with E-state index in [2.05, 4.69) is 4.98 Å². The van der Waals surface area contributed by atoms with Crippen molar-refractivity contribution >= 4 is 27.5 Å². The highest BCUT2D eigenvalue weighted by atomic mass is 32.1. The van der Waals surface area contributed by atoms with Crippen LogP contribution in [0.1, 0.15) is 27.9 Å². The van der Waals surface area contributed by atoms with Gasteiger partial charge in [-0.15, -0.1) is 11.3 Å². The van der Waals surface area contributed by atoms with Crippen molar-refractivity contribution in [2.24, 2.45) is 0 Å². The van der Waals surface area contributed by atoms with E-state index >= 15 is 0 Å². The van der Waals surface area contributed by atoms with Gasteiger partial charge in [-0.3, -0.25) is 9.36 Å². The quantitative estimate of drug-likeness (QED) is 0.418. The molecule has 0 amide bonds. The summed E-state index contributed by atoms with van der Waals surface area (Å²) in [5, 5.41) is 11.1. The molecule has 4 rings (SSSR count). The molecule has 0 radical (unpaired) electrons. The topological polar surface area (TPSA) is 81.4 Å². The van der Waals surface area contributed by atoms with Gasteiger partial charge in [-0.1, -0.05) is 41.5 Å². The SMILES string of the molecule is Cc1ccc(OCCCn2c(-c3cccc(C)c3)nc3scc(C(=O)O)c3c2=O)cc1. The van der Waals surface area contributed by atoms with E-state index in [4.69, 9.17) is 4.74 Å². The molecule has 2 heterocycles. The minimum atomic E-state index is -1.12. The van der Waals surface area contributed by atoms with Gasteiger partial charge < -0.3 is 9.84 Å². The van der Waals surface area contributed by atoms with Gasteiger partial charge in [0.2, 0.25) is 0 Å². The number of carboxylic acid groups (broad SMARTS) is 1. The molecule has 4 aromatic rings. The third-order valence-corrected chi connectivity index (χ3v) is 5.89. The van der Waals surface area contributed by atoms with Crippen LogP contribution in [0.5, 0.6) is 5.75 Å². The molecule has 0 saturated carbocycles. The first kappa shape index (κ1) is 20.8. The molecule has 6 nitrogen and oxygen atoms in total. The van der Waals surface area contributed by atoms with Crippen molar-refractivity contribution in [1.82, 2.24) is 9.55 Å². The first-order chi connectivity index (χ1) is 14.9. The van der Waals surface area contributed by atoms with E-state index in [1.54, 1.807) is 4.57 Å². The van der Waals surface area contributed by atoms with E-state index < -0.39 is 5.97 Å². The van der Waals surface area contributed by atoms with E-state index in [1.165, 1.54) is 16.7 Å². The van der Waals surface area contributed by atoms with Crippen LogP contribution < -0.4 is 10.3 Å². The lowest BCUT2D eigenvalue weighted by molar-refractivity contribution is 0.0699. The lowest BCUT2D eigenvalue weighted by atomic mass is 10.1. The molecule has 1 N–H and O–H groups in total. The fraction of sp³-hybridized carbons (Fsp3) is 0.208. The average Bonchev–Trinajstić information content (AvgIpc) is 3.18. The Hall–Kier alpha value is -3.45. The molecule has 0 fully saturated rings. The number of ether oxygens (including phenoxy) is 1. The Bertz CT molecular complexity index is 1310. The van der Waals surface area contributed by atoms with E-state index in [1.807, 2.05) is 62.4 Å². The number of rotatable bonds is 7. The summed E-state index contributed by atoms with van der Waals surface area (Å²) in [6, 6.07) is 15.6. The van der Waals surface area contributed by atoms with Crippen LogP contribution in [0.3, 0.4) is 0 Å². The number of nitrogens with zero attached hydrogens (tertiary/aromatic N) is 2. The van der Waals surface area contributed by atoms with Gasteiger partial charge in [0.25, 0.3) is 5.56 Å². The van der Waals surface area contributed by atoms with Crippen molar-refractivity contribution in [3.63, 3.8) is 0 Å². The van der Waals surface area contributed by atoms with Gasteiger partial charge in [-0.2, -0.15) is 0 Å². The Balaban J connectivity index is 1.68. The molecule has 0 aliphatic carbocycles. The number of aryl methyl sites for hydroxylation is 2. The second kappa shape index (κ2) is 8.73. The summed E-state index contributed by atoms with van der Waals surface area (Å²) in [7, 11) is 0. The number of aromatic nitrogens is 2. The van der Waals surface area contributed by atoms with Crippen LogP contribution in [-0.2, 0) is 6.54 Å². The molecule has 0 saturated heterocycles. The highest BCUT2D eigenvalue weighted by molar-refractivity contribution is 7.17. The van der Waals surface area contributed by atoms with Gasteiger partial charge in [0.15, 0.2) is 0 Å². The van der Waals surface area contributed by atoms with Gasteiger partial charge in [-0.05, 0) is 38.5 Å². The number of carbonyl (C=O) groups is 1. The van der Waals surface area contributed by atoms with E-state index in [0.717, 1.165) is 22.4 Å². The minimum Gasteiger partial charge on any atom is -0.494 e. The third-order valence-electron chi connectivity index (χ3n) is 5.02. The monoisotopic (exact) mass is 434 g/mol. The average molecular weight is 435 g/mol. The van der Waals surface area contributed by atoms with E-state index in [0.29, 0.717) is 30.2 Å². The lowest BCUT2D eigenvalue weighted by Gasteiger charge is -2.14. The van der Waals surface area contributed by atoms with Crippen LogP contribution in [0.25, 0.3) is 21.6 Å². The normalized spacial score (nSPS) is 11.0. The summed E-state index contributed by atoms with van der Waals surface area (Å²) in [4.78, 5) is 30.0. The number of fused-ring (bicyclic) bond motifs is 1. The Morgan fingerprint density at radius 1 is 1.13 bits per heavy atom. The molecular formula is C24H22N2O4S. The number of carboxylic acids is 1. The molecule has 158 valence electrons. The summed E-state index contributed by atoms with van der Waals surface area (Å²) in [6.07, 6.45) is 0.576. The maximum atomic E-state index is 13.3. The zero-order valence-corrected chi connectivity index (χ0v) is 18.1. The maximum absolute atomic E-state index is 13.3. The van der Waals surface area contributed by atoms with Crippen molar-refractivity contribution in [3.8, 4) is 17.1 Å². The minimum absolute atomic E-state index is 0.00190. The van der Waals surface area contributed by atoms with Crippen molar-refractivity contribution in [1.29, 1.82) is 0 Å². The van der Waals surface area contributed by atoms with Crippen LogP contribution in [-0.4, -0.2) is 27.2 Å². The van der Waals surface area contributed by atoms with Gasteiger partial charge in [-0.25, -0.2) is 9.78 Å². The molecule has 0 atom stereocenters. The summed E-state index contributed by atoms with van der Waals surface area (Å²) in [5.74, 6) is 0.189. The molecule has 31 heavy (non-hydrogen) atoms. The third kappa shape index (κ3) is 4.36. The number of hydrogen-bond donors (Lipinski definition) is 1. The molecule has 7 heteroatoms. The molecule has 0 aliphatic heterocycles. The van der Waals surface area contributed by atoms with Gasteiger partial charge >= 0.3 is 5.97 Å². The number of aromatic carboxylic acids is 1. The highest BCUT2D eigenvalue weighted by Crippen LogP contribution is 2.26. The van der Waals surface area contributed by atoms with Crippen molar-refractivity contribution in [3.05, 3.63) is 81.0 Å². The first-order valence-corrected chi connectivity index (χ1v) is 10.8. The summed E-state index contributed by atoms with van der Waals surface area (Å²) < 4.78 is 7.36. The Morgan fingerprint density at radius 3 is 2.61 bits per heavy atom. The first-order valence-electron chi connectivity index (χ1n) is 9.96. The molecular weight excluding hydrogens is 412 g/mol. The summed E-state index contributed by atoms with van der Waals surface area (Å²) >= 11 is 1.17. The molecule has 0 unspecified atom stereocenters. The fourth-order valence-corrected chi connectivity index (χ4v) is 4.34. The largest absolute Gasteiger partial charge is 0.494 e. The lowest BCUT2D eigenvalue weighted by Crippen LogP contribution is -2.25. The summed E-state index contributed by atoms with van der Waals surface area (Å²) in [6.45, 7) is 4.79. The molecule has 2 aromatic heterocycles. The van der Waals surface area contributed by atoms with E-state index in [9.17, 15) is 14.7 Å².